The Morgan fingerprint density at radius 2 is 1.63 bits per heavy atom. The largest absolute Gasteiger partial charge is 0.497 e. The number of benzene rings is 2. The Balaban J connectivity index is 1.72. The average molecular weight is 362 g/mol. The molecule has 1 aliphatic heterocycles. The lowest BCUT2D eigenvalue weighted by Gasteiger charge is -2.31. The minimum Gasteiger partial charge on any atom is -0.497 e. The highest BCUT2D eigenvalue weighted by Gasteiger charge is 2.27. The van der Waals surface area contributed by atoms with Crippen molar-refractivity contribution in [2.75, 3.05) is 20.8 Å². The van der Waals surface area contributed by atoms with Crippen molar-refractivity contribution in [2.24, 2.45) is 0 Å². The topological polar surface area (TPSA) is 26.6 Å². The lowest BCUT2D eigenvalue weighted by Crippen LogP contribution is -2.29. The van der Waals surface area contributed by atoms with Gasteiger partial charge in [-0.15, -0.1) is 0 Å². The molecule has 2 heterocycles. The third kappa shape index (κ3) is 3.71. The second kappa shape index (κ2) is 7.89. The van der Waals surface area contributed by atoms with E-state index in [1.165, 1.54) is 16.8 Å². The summed E-state index contributed by atoms with van der Waals surface area (Å²) in [6.45, 7) is 2.95. The number of ether oxygens (including phenoxy) is 2. The minimum absolute atomic E-state index is 0.237. The van der Waals surface area contributed by atoms with Gasteiger partial charge >= 0.3 is 0 Å². The molecule has 27 heavy (non-hydrogen) atoms. The van der Waals surface area contributed by atoms with Crippen molar-refractivity contribution in [1.29, 1.82) is 0 Å². The molecule has 1 atom stereocenters. The zero-order chi connectivity index (χ0) is 18.6. The maximum absolute atomic E-state index is 5.46. The zero-order valence-electron chi connectivity index (χ0n) is 16.0. The van der Waals surface area contributed by atoms with Crippen LogP contribution in [0, 0.1) is 0 Å². The third-order valence-corrected chi connectivity index (χ3v) is 5.27. The fourth-order valence-corrected chi connectivity index (χ4v) is 4.02. The third-order valence-electron chi connectivity index (χ3n) is 5.27. The molecule has 0 spiro atoms. The van der Waals surface area contributed by atoms with Gasteiger partial charge in [0.15, 0.2) is 0 Å². The summed E-state index contributed by atoms with van der Waals surface area (Å²) in [7, 11) is 3.40. The van der Waals surface area contributed by atoms with E-state index >= 15 is 0 Å². The number of rotatable bonds is 5. The summed E-state index contributed by atoms with van der Waals surface area (Å²) in [6.07, 6.45) is 3.33. The van der Waals surface area contributed by atoms with Crippen molar-refractivity contribution in [1.82, 2.24) is 9.47 Å². The van der Waals surface area contributed by atoms with E-state index in [9.17, 15) is 0 Å². The molecular formula is C23H26N2O2. The molecule has 4 rings (SSSR count). The van der Waals surface area contributed by atoms with Gasteiger partial charge in [-0.2, -0.15) is 0 Å². The van der Waals surface area contributed by atoms with Crippen LogP contribution in [0.5, 0.6) is 11.5 Å². The van der Waals surface area contributed by atoms with Crippen LogP contribution in [0.4, 0.5) is 0 Å². The number of aryl methyl sites for hydroxylation is 1. The van der Waals surface area contributed by atoms with Crippen molar-refractivity contribution in [3.05, 3.63) is 83.7 Å². The molecule has 1 aliphatic rings. The molecule has 1 unspecified atom stereocenters. The Morgan fingerprint density at radius 1 is 0.889 bits per heavy atom. The number of nitrogens with zero attached hydrogens (tertiary/aromatic N) is 2. The normalized spacial score (nSPS) is 17.2. The van der Waals surface area contributed by atoms with Crippen LogP contribution in [0.15, 0.2) is 66.9 Å². The molecule has 0 fully saturated rings. The standard InChI is InChI=1S/C23H26N2O2/c1-26-20-14-18(15-21(16-20)27-2)17-25-13-7-12-24-11-6-10-22(24)23(25)19-8-4-3-5-9-19/h3-6,8-11,14-16,23H,7,12-13,17H2,1-2H3. The average Bonchev–Trinajstić information content (AvgIpc) is 3.09. The maximum atomic E-state index is 5.46. The molecule has 3 aromatic rings. The molecule has 4 nitrogen and oxygen atoms in total. The first-order chi connectivity index (χ1) is 13.3. The predicted octanol–water partition coefficient (Wildman–Crippen LogP) is 4.50. The first-order valence-corrected chi connectivity index (χ1v) is 9.44. The van der Waals surface area contributed by atoms with Gasteiger partial charge in [0, 0.05) is 37.6 Å². The highest BCUT2D eigenvalue weighted by molar-refractivity contribution is 5.39. The molecule has 0 amide bonds. The summed E-state index contributed by atoms with van der Waals surface area (Å²) >= 11 is 0. The van der Waals surface area contributed by atoms with Gasteiger partial charge in [-0.3, -0.25) is 4.90 Å². The number of aromatic nitrogens is 1. The van der Waals surface area contributed by atoms with Crippen LogP contribution in [0.25, 0.3) is 0 Å². The molecule has 0 bridgehead atoms. The molecule has 0 saturated carbocycles. The first kappa shape index (κ1) is 17.7. The smallest absolute Gasteiger partial charge is 0.122 e. The second-order valence-corrected chi connectivity index (χ2v) is 6.98. The van der Waals surface area contributed by atoms with Gasteiger partial charge in [0.25, 0.3) is 0 Å². The van der Waals surface area contributed by atoms with E-state index in [2.05, 4.69) is 70.3 Å². The van der Waals surface area contributed by atoms with E-state index in [1.54, 1.807) is 14.2 Å². The Labute approximate surface area is 161 Å². The van der Waals surface area contributed by atoms with Gasteiger partial charge in [0.2, 0.25) is 0 Å². The quantitative estimate of drug-likeness (QED) is 0.668. The molecule has 0 aliphatic carbocycles. The van der Waals surface area contributed by atoms with Gasteiger partial charge in [-0.25, -0.2) is 0 Å². The van der Waals surface area contributed by atoms with Gasteiger partial charge in [-0.1, -0.05) is 30.3 Å². The van der Waals surface area contributed by atoms with E-state index in [4.69, 9.17) is 9.47 Å². The van der Waals surface area contributed by atoms with E-state index in [-0.39, 0.29) is 6.04 Å². The Bertz CT molecular complexity index is 866. The molecular weight excluding hydrogens is 336 g/mol. The van der Waals surface area contributed by atoms with Gasteiger partial charge in [0.1, 0.15) is 11.5 Å². The summed E-state index contributed by atoms with van der Waals surface area (Å²) in [4.78, 5) is 2.56. The Kier molecular flexibility index (Phi) is 5.16. The van der Waals surface area contributed by atoms with Crippen LogP contribution in [0.1, 0.15) is 29.3 Å². The molecule has 4 heteroatoms. The van der Waals surface area contributed by atoms with E-state index in [1.807, 2.05) is 6.07 Å². The van der Waals surface area contributed by atoms with Crippen LogP contribution in [-0.2, 0) is 13.1 Å². The highest BCUT2D eigenvalue weighted by atomic mass is 16.5. The zero-order valence-corrected chi connectivity index (χ0v) is 16.0. The number of hydrogen-bond donors (Lipinski definition) is 0. The van der Waals surface area contributed by atoms with E-state index in [0.29, 0.717) is 0 Å². The molecule has 0 N–H and O–H groups in total. The van der Waals surface area contributed by atoms with Crippen molar-refractivity contribution >= 4 is 0 Å². The van der Waals surface area contributed by atoms with Gasteiger partial charge in [0.05, 0.1) is 20.3 Å². The molecule has 140 valence electrons. The molecule has 0 radical (unpaired) electrons. The number of methoxy groups -OCH3 is 2. The SMILES string of the molecule is COc1cc(CN2CCCn3cccc3C2c2ccccc2)cc(OC)c1. The van der Waals surface area contributed by atoms with Gasteiger partial charge < -0.3 is 14.0 Å². The predicted molar refractivity (Wildman–Crippen MR) is 107 cm³/mol. The molecule has 1 aromatic heterocycles. The van der Waals surface area contributed by atoms with Crippen LogP contribution in [0.3, 0.4) is 0 Å². The van der Waals surface area contributed by atoms with Crippen LogP contribution in [-0.4, -0.2) is 30.2 Å². The van der Waals surface area contributed by atoms with Crippen LogP contribution >= 0.6 is 0 Å². The minimum atomic E-state index is 0.237. The van der Waals surface area contributed by atoms with Crippen molar-refractivity contribution in [2.45, 2.75) is 25.6 Å². The maximum Gasteiger partial charge on any atom is 0.122 e. The fourth-order valence-electron chi connectivity index (χ4n) is 4.02. The van der Waals surface area contributed by atoms with Crippen LogP contribution in [0.2, 0.25) is 0 Å². The fraction of sp³-hybridized carbons (Fsp3) is 0.304. The first-order valence-electron chi connectivity index (χ1n) is 9.44. The lowest BCUT2D eigenvalue weighted by molar-refractivity contribution is 0.220. The van der Waals surface area contributed by atoms with Crippen molar-refractivity contribution in [3.8, 4) is 11.5 Å². The van der Waals surface area contributed by atoms with Crippen LogP contribution < -0.4 is 9.47 Å². The molecule has 0 saturated heterocycles. The van der Waals surface area contributed by atoms with E-state index < -0.39 is 0 Å². The van der Waals surface area contributed by atoms with Gasteiger partial charge in [-0.05, 0) is 41.8 Å². The number of hydrogen-bond acceptors (Lipinski definition) is 3. The summed E-state index contributed by atoms with van der Waals surface area (Å²) in [5.74, 6) is 1.66. The van der Waals surface area contributed by atoms with E-state index in [0.717, 1.165) is 37.6 Å². The number of fused-ring (bicyclic) bond motifs is 1. The highest BCUT2D eigenvalue weighted by Crippen LogP contribution is 2.34. The molecule has 2 aromatic carbocycles. The summed E-state index contributed by atoms with van der Waals surface area (Å²) in [5, 5.41) is 0. The van der Waals surface area contributed by atoms with Crippen molar-refractivity contribution < 1.29 is 9.47 Å². The summed E-state index contributed by atoms with van der Waals surface area (Å²) in [5.41, 5.74) is 3.88. The monoisotopic (exact) mass is 362 g/mol. The second-order valence-electron chi connectivity index (χ2n) is 6.98. The summed E-state index contributed by atoms with van der Waals surface area (Å²) in [6, 6.07) is 21.6. The Hall–Kier alpha value is -2.72. The Morgan fingerprint density at radius 3 is 2.33 bits per heavy atom. The summed E-state index contributed by atoms with van der Waals surface area (Å²) < 4.78 is 13.3. The lowest BCUT2D eigenvalue weighted by atomic mass is 10.0. The van der Waals surface area contributed by atoms with Crippen molar-refractivity contribution in [3.63, 3.8) is 0 Å².